The lowest BCUT2D eigenvalue weighted by atomic mass is 10.0. The average Bonchev–Trinajstić information content (AvgIpc) is 2.18. The van der Waals surface area contributed by atoms with Gasteiger partial charge >= 0.3 is 6.36 Å². The van der Waals surface area contributed by atoms with Crippen LogP contribution in [0.4, 0.5) is 13.2 Å². The summed E-state index contributed by atoms with van der Waals surface area (Å²) in [7, 11) is 0. The Morgan fingerprint density at radius 1 is 1.44 bits per heavy atom. The van der Waals surface area contributed by atoms with Crippen molar-refractivity contribution in [3.05, 3.63) is 47.4 Å². The van der Waals surface area contributed by atoms with Crippen LogP contribution in [-0.2, 0) is 0 Å². The molecule has 0 aliphatic rings. The van der Waals surface area contributed by atoms with Crippen molar-refractivity contribution in [2.45, 2.75) is 13.3 Å². The topological polar surface area (TPSA) is 9.23 Å². The van der Waals surface area contributed by atoms with Gasteiger partial charge in [-0.2, -0.15) is 0 Å². The van der Waals surface area contributed by atoms with Crippen LogP contribution in [0, 0.1) is 5.92 Å². The van der Waals surface area contributed by atoms with Crippen molar-refractivity contribution in [1.29, 1.82) is 0 Å². The third kappa shape index (κ3) is 3.17. The van der Waals surface area contributed by atoms with Gasteiger partial charge in [-0.3, -0.25) is 0 Å². The van der Waals surface area contributed by atoms with Crippen LogP contribution < -0.4 is 4.74 Å². The van der Waals surface area contributed by atoms with Crippen LogP contribution in [0.15, 0.2) is 30.9 Å². The molecule has 1 rings (SSSR count). The van der Waals surface area contributed by atoms with Gasteiger partial charge in [0.1, 0.15) is 5.75 Å². The average molecular weight is 250 g/mol. The Morgan fingerprint density at radius 3 is 2.56 bits per heavy atom. The van der Waals surface area contributed by atoms with Crippen LogP contribution in [0.1, 0.15) is 12.5 Å². The predicted molar refractivity (Wildman–Crippen MR) is 56.4 cm³/mol. The number of rotatable bonds is 3. The molecule has 1 aromatic carbocycles. The summed E-state index contributed by atoms with van der Waals surface area (Å²) >= 11 is 5.79. The summed E-state index contributed by atoms with van der Waals surface area (Å²) in [4.78, 5) is 0. The Kier molecular flexibility index (Phi) is 3.86. The number of alkyl halides is 3. The monoisotopic (exact) mass is 249 g/mol. The summed E-state index contributed by atoms with van der Waals surface area (Å²) in [6, 6.07) is 4.20. The lowest BCUT2D eigenvalue weighted by Crippen LogP contribution is -2.17. The molecule has 1 nitrogen and oxygen atoms in total. The zero-order chi connectivity index (χ0) is 12.3. The van der Waals surface area contributed by atoms with E-state index >= 15 is 0 Å². The van der Waals surface area contributed by atoms with E-state index in [1.165, 1.54) is 12.1 Å². The number of hydrogen-bond acceptors (Lipinski definition) is 1. The highest BCUT2D eigenvalue weighted by Crippen LogP contribution is 2.35. The number of hydrogen-bond donors (Lipinski definition) is 0. The molecule has 0 aliphatic carbocycles. The van der Waals surface area contributed by atoms with Gasteiger partial charge in [0, 0.05) is 5.92 Å². The zero-order valence-corrected chi connectivity index (χ0v) is 9.19. The molecule has 0 atom stereocenters. The van der Waals surface area contributed by atoms with E-state index in [9.17, 15) is 13.2 Å². The van der Waals surface area contributed by atoms with E-state index in [0.717, 1.165) is 6.07 Å². The molecule has 0 N–H and O–H groups in total. The molecule has 0 heterocycles. The lowest BCUT2D eigenvalue weighted by molar-refractivity contribution is -0.274. The van der Waals surface area contributed by atoms with Gasteiger partial charge in [-0.15, -0.1) is 19.8 Å². The fourth-order valence-electron chi connectivity index (χ4n) is 1.13. The van der Waals surface area contributed by atoms with Crippen molar-refractivity contribution in [2.24, 2.45) is 0 Å². The predicted octanol–water partition coefficient (Wildman–Crippen LogP) is 4.37. The highest BCUT2D eigenvalue weighted by Gasteiger charge is 2.32. The molecule has 0 aliphatic heterocycles. The molecule has 0 saturated carbocycles. The Hall–Kier alpha value is -1.16. The minimum atomic E-state index is -4.75. The number of benzene rings is 1. The number of halogens is 4. The van der Waals surface area contributed by atoms with Crippen molar-refractivity contribution < 1.29 is 17.9 Å². The Balaban J connectivity index is 3.09. The molecule has 87 valence electrons. The fourth-order valence-corrected chi connectivity index (χ4v) is 1.44. The molecule has 1 radical (unpaired) electrons. The Morgan fingerprint density at radius 2 is 2.06 bits per heavy atom. The van der Waals surface area contributed by atoms with Gasteiger partial charge in [0.25, 0.3) is 0 Å². The number of ether oxygens (including phenoxy) is 1. The summed E-state index contributed by atoms with van der Waals surface area (Å²) in [6.45, 7) is 5.22. The van der Waals surface area contributed by atoms with Crippen molar-refractivity contribution in [3.63, 3.8) is 0 Å². The van der Waals surface area contributed by atoms with Crippen LogP contribution in [0.2, 0.25) is 5.02 Å². The molecular formula is C11H9ClF3O. The van der Waals surface area contributed by atoms with E-state index in [4.69, 9.17) is 11.6 Å². The third-order valence-electron chi connectivity index (χ3n) is 1.92. The van der Waals surface area contributed by atoms with Crippen LogP contribution in [0.3, 0.4) is 0 Å². The molecule has 1 aromatic rings. The first-order chi connectivity index (χ1) is 7.35. The molecule has 0 unspecified atom stereocenters. The second-order valence-electron chi connectivity index (χ2n) is 3.05. The Labute approximate surface area is 96.5 Å². The SMILES string of the molecule is C=C[C](C)c1cccc(OC(F)(F)F)c1Cl. The molecule has 0 amide bonds. The van der Waals surface area contributed by atoms with E-state index in [1.807, 2.05) is 0 Å². The highest BCUT2D eigenvalue weighted by molar-refractivity contribution is 6.33. The van der Waals surface area contributed by atoms with Gasteiger partial charge < -0.3 is 4.74 Å². The summed E-state index contributed by atoms with van der Waals surface area (Å²) in [5.41, 5.74) is 0.471. The minimum Gasteiger partial charge on any atom is -0.404 e. The lowest BCUT2D eigenvalue weighted by Gasteiger charge is -2.14. The van der Waals surface area contributed by atoms with Gasteiger partial charge in [-0.25, -0.2) is 0 Å². The molecule has 16 heavy (non-hydrogen) atoms. The van der Waals surface area contributed by atoms with E-state index in [0.29, 0.717) is 11.5 Å². The quantitative estimate of drug-likeness (QED) is 0.773. The first kappa shape index (κ1) is 12.9. The molecule has 0 spiro atoms. The maximum absolute atomic E-state index is 12.0. The number of allylic oxidation sites excluding steroid dienone is 1. The van der Waals surface area contributed by atoms with Crippen LogP contribution >= 0.6 is 11.6 Å². The van der Waals surface area contributed by atoms with Gasteiger partial charge in [-0.05, 0) is 11.6 Å². The second kappa shape index (κ2) is 4.78. The Bertz CT molecular complexity index is 387. The largest absolute Gasteiger partial charge is 0.573 e. The van der Waals surface area contributed by atoms with Crippen LogP contribution in [0.25, 0.3) is 0 Å². The van der Waals surface area contributed by atoms with Gasteiger partial charge in [0.15, 0.2) is 0 Å². The van der Waals surface area contributed by atoms with E-state index in [2.05, 4.69) is 11.3 Å². The normalized spacial score (nSPS) is 11.6. The summed E-state index contributed by atoms with van der Waals surface area (Å²) < 4.78 is 39.9. The van der Waals surface area contributed by atoms with Gasteiger partial charge in [0.05, 0.1) is 5.02 Å². The standard InChI is InChI=1S/C11H9ClF3O/c1-3-7(2)8-5-4-6-9(10(8)12)16-11(13,14)15/h3-6H,1H2,2H3. The zero-order valence-electron chi connectivity index (χ0n) is 8.44. The van der Waals surface area contributed by atoms with E-state index in [-0.39, 0.29) is 5.02 Å². The first-order valence-electron chi connectivity index (χ1n) is 4.36. The smallest absolute Gasteiger partial charge is 0.404 e. The second-order valence-corrected chi connectivity index (χ2v) is 3.43. The maximum Gasteiger partial charge on any atom is 0.573 e. The van der Waals surface area contributed by atoms with Crippen molar-refractivity contribution in [1.82, 2.24) is 0 Å². The molecular weight excluding hydrogens is 241 g/mol. The van der Waals surface area contributed by atoms with Crippen LogP contribution in [-0.4, -0.2) is 6.36 Å². The summed E-state index contributed by atoms with van der Waals surface area (Å²) in [5.74, 6) is 0.269. The highest BCUT2D eigenvalue weighted by atomic mass is 35.5. The van der Waals surface area contributed by atoms with Crippen LogP contribution in [0.5, 0.6) is 5.75 Å². The summed E-state index contributed by atoms with van der Waals surface area (Å²) in [5, 5.41) is -0.0720. The molecule has 0 saturated heterocycles. The summed E-state index contributed by atoms with van der Waals surface area (Å²) in [6.07, 6.45) is -3.23. The third-order valence-corrected chi connectivity index (χ3v) is 2.31. The van der Waals surface area contributed by atoms with Crippen molar-refractivity contribution in [2.75, 3.05) is 0 Å². The molecule has 0 fully saturated rings. The first-order valence-corrected chi connectivity index (χ1v) is 4.73. The minimum absolute atomic E-state index is 0.0720. The van der Waals surface area contributed by atoms with Gasteiger partial charge in [0.2, 0.25) is 0 Å². The molecule has 0 aromatic heterocycles. The maximum atomic E-state index is 12.0. The van der Waals surface area contributed by atoms with Crippen molar-refractivity contribution >= 4 is 11.6 Å². The van der Waals surface area contributed by atoms with E-state index in [1.54, 1.807) is 13.0 Å². The fraction of sp³-hybridized carbons (Fsp3) is 0.182. The molecule has 0 bridgehead atoms. The van der Waals surface area contributed by atoms with Crippen molar-refractivity contribution in [3.8, 4) is 5.75 Å². The van der Waals surface area contributed by atoms with E-state index < -0.39 is 12.1 Å². The molecule has 5 heteroatoms. The van der Waals surface area contributed by atoms with Gasteiger partial charge in [-0.1, -0.05) is 36.7 Å².